The van der Waals surface area contributed by atoms with Gasteiger partial charge in [0.05, 0.1) is 34.0 Å². The SMILES string of the molecule is CCS(=O)(=O)c1ccc(CNC(=O)c2cnc3c(ccn3Cc3ccccc3C(F)(F)F)c2)nc1. The summed E-state index contributed by atoms with van der Waals surface area (Å²) in [4.78, 5) is 21.1. The van der Waals surface area contributed by atoms with Crippen LogP contribution >= 0.6 is 0 Å². The summed E-state index contributed by atoms with van der Waals surface area (Å²) < 4.78 is 65.3. The van der Waals surface area contributed by atoms with Crippen LogP contribution in [-0.2, 0) is 29.1 Å². The zero-order chi connectivity index (χ0) is 25.2. The first-order valence-electron chi connectivity index (χ1n) is 10.6. The molecule has 0 fully saturated rings. The third-order valence-electron chi connectivity index (χ3n) is 5.49. The zero-order valence-electron chi connectivity index (χ0n) is 18.6. The summed E-state index contributed by atoms with van der Waals surface area (Å²) in [5.41, 5.74) is 0.624. The second kappa shape index (κ2) is 9.49. The summed E-state index contributed by atoms with van der Waals surface area (Å²) in [5, 5.41) is 3.31. The molecular formula is C24H21F3N4O3S. The average Bonchev–Trinajstić information content (AvgIpc) is 3.24. The summed E-state index contributed by atoms with van der Waals surface area (Å²) in [6.45, 7) is 1.61. The van der Waals surface area contributed by atoms with E-state index in [1.54, 1.807) is 35.9 Å². The molecule has 0 saturated heterocycles. The van der Waals surface area contributed by atoms with E-state index >= 15 is 0 Å². The first kappa shape index (κ1) is 24.4. The van der Waals surface area contributed by atoms with Gasteiger partial charge < -0.3 is 9.88 Å². The van der Waals surface area contributed by atoms with Crippen molar-refractivity contribution in [3.05, 3.63) is 89.5 Å². The number of amides is 1. The minimum absolute atomic E-state index is 0.0207. The lowest BCUT2D eigenvalue weighted by molar-refractivity contribution is -0.138. The van der Waals surface area contributed by atoms with Crippen LogP contribution in [0.2, 0.25) is 0 Å². The van der Waals surface area contributed by atoms with Crippen LogP contribution < -0.4 is 5.32 Å². The summed E-state index contributed by atoms with van der Waals surface area (Å²) >= 11 is 0. The van der Waals surface area contributed by atoms with Crippen molar-refractivity contribution < 1.29 is 26.4 Å². The Bertz CT molecular complexity index is 1480. The van der Waals surface area contributed by atoms with Crippen molar-refractivity contribution in [2.75, 3.05) is 5.75 Å². The van der Waals surface area contributed by atoms with Gasteiger partial charge in [-0.3, -0.25) is 9.78 Å². The molecule has 35 heavy (non-hydrogen) atoms. The number of aromatic nitrogens is 3. The summed E-state index contributed by atoms with van der Waals surface area (Å²) in [6, 6.07) is 11.6. The number of carbonyl (C=O) groups excluding carboxylic acids is 1. The van der Waals surface area contributed by atoms with E-state index in [1.165, 1.54) is 36.7 Å². The predicted molar refractivity (Wildman–Crippen MR) is 123 cm³/mol. The maximum Gasteiger partial charge on any atom is 0.416 e. The highest BCUT2D eigenvalue weighted by Crippen LogP contribution is 2.32. The molecule has 4 aromatic rings. The maximum atomic E-state index is 13.3. The van der Waals surface area contributed by atoms with Gasteiger partial charge in [-0.25, -0.2) is 13.4 Å². The third kappa shape index (κ3) is 5.35. The molecule has 182 valence electrons. The molecular weight excluding hydrogens is 481 g/mol. The van der Waals surface area contributed by atoms with Crippen LogP contribution in [-0.4, -0.2) is 34.6 Å². The number of benzene rings is 1. The van der Waals surface area contributed by atoms with Gasteiger partial charge in [0.1, 0.15) is 5.65 Å². The summed E-state index contributed by atoms with van der Waals surface area (Å²) in [5.74, 6) is -0.446. The molecule has 3 aromatic heterocycles. The number of pyridine rings is 2. The molecule has 0 spiro atoms. The van der Waals surface area contributed by atoms with Gasteiger partial charge in [0.2, 0.25) is 0 Å². The molecule has 0 saturated carbocycles. The van der Waals surface area contributed by atoms with Crippen molar-refractivity contribution in [3.63, 3.8) is 0 Å². The number of halogens is 3. The monoisotopic (exact) mass is 502 g/mol. The van der Waals surface area contributed by atoms with Gasteiger partial charge in [0.15, 0.2) is 9.84 Å². The Morgan fingerprint density at radius 1 is 1.06 bits per heavy atom. The third-order valence-corrected chi connectivity index (χ3v) is 7.21. The molecule has 0 aliphatic heterocycles. The summed E-state index contributed by atoms with van der Waals surface area (Å²) in [6.07, 6.45) is -0.220. The number of sulfone groups is 1. The van der Waals surface area contributed by atoms with Gasteiger partial charge in [-0.2, -0.15) is 13.2 Å². The van der Waals surface area contributed by atoms with E-state index in [0.717, 1.165) is 6.07 Å². The highest BCUT2D eigenvalue weighted by molar-refractivity contribution is 7.91. The van der Waals surface area contributed by atoms with E-state index in [4.69, 9.17) is 0 Å². The van der Waals surface area contributed by atoms with E-state index in [-0.39, 0.29) is 34.9 Å². The second-order valence-electron chi connectivity index (χ2n) is 7.81. The van der Waals surface area contributed by atoms with E-state index in [0.29, 0.717) is 16.7 Å². The highest BCUT2D eigenvalue weighted by Gasteiger charge is 2.33. The van der Waals surface area contributed by atoms with Crippen molar-refractivity contribution in [1.29, 1.82) is 0 Å². The second-order valence-corrected chi connectivity index (χ2v) is 10.1. The van der Waals surface area contributed by atoms with Crippen molar-refractivity contribution in [2.24, 2.45) is 0 Å². The molecule has 3 heterocycles. The first-order valence-corrected chi connectivity index (χ1v) is 12.3. The van der Waals surface area contributed by atoms with Gasteiger partial charge >= 0.3 is 6.18 Å². The highest BCUT2D eigenvalue weighted by atomic mass is 32.2. The molecule has 0 aliphatic rings. The number of nitrogens with one attached hydrogen (secondary N) is 1. The van der Waals surface area contributed by atoms with E-state index < -0.39 is 27.5 Å². The fourth-order valence-electron chi connectivity index (χ4n) is 3.59. The van der Waals surface area contributed by atoms with Gasteiger partial charge in [0, 0.05) is 30.5 Å². The Balaban J connectivity index is 1.47. The van der Waals surface area contributed by atoms with Gasteiger partial charge in [0.25, 0.3) is 5.91 Å². The number of hydrogen-bond acceptors (Lipinski definition) is 5. The number of alkyl halides is 3. The van der Waals surface area contributed by atoms with E-state index in [9.17, 15) is 26.4 Å². The van der Waals surface area contributed by atoms with Crippen LogP contribution in [0, 0.1) is 0 Å². The molecule has 0 bridgehead atoms. The van der Waals surface area contributed by atoms with Crippen molar-refractivity contribution >= 4 is 26.8 Å². The number of fused-ring (bicyclic) bond motifs is 1. The molecule has 0 radical (unpaired) electrons. The lowest BCUT2D eigenvalue weighted by Gasteiger charge is -2.13. The maximum absolute atomic E-state index is 13.3. The minimum atomic E-state index is -4.46. The van der Waals surface area contributed by atoms with Crippen LogP contribution in [0.1, 0.15) is 34.1 Å². The molecule has 11 heteroatoms. The topological polar surface area (TPSA) is 94.0 Å². The van der Waals surface area contributed by atoms with Gasteiger partial charge in [-0.15, -0.1) is 0 Å². The summed E-state index contributed by atoms with van der Waals surface area (Å²) in [7, 11) is -3.35. The van der Waals surface area contributed by atoms with Crippen LogP contribution in [0.15, 0.2) is 72.0 Å². The van der Waals surface area contributed by atoms with Gasteiger partial charge in [-0.1, -0.05) is 25.1 Å². The molecule has 1 N–H and O–H groups in total. The van der Waals surface area contributed by atoms with Crippen molar-refractivity contribution in [1.82, 2.24) is 19.9 Å². The largest absolute Gasteiger partial charge is 0.416 e. The lowest BCUT2D eigenvalue weighted by Crippen LogP contribution is -2.23. The zero-order valence-corrected chi connectivity index (χ0v) is 19.4. The minimum Gasteiger partial charge on any atom is -0.346 e. The molecule has 7 nitrogen and oxygen atoms in total. The lowest BCUT2D eigenvalue weighted by atomic mass is 10.1. The van der Waals surface area contributed by atoms with Crippen LogP contribution in [0.25, 0.3) is 11.0 Å². The van der Waals surface area contributed by atoms with Crippen LogP contribution in [0.5, 0.6) is 0 Å². The molecule has 0 unspecified atom stereocenters. The Labute approximate surface area is 199 Å². The Kier molecular flexibility index (Phi) is 6.62. The van der Waals surface area contributed by atoms with Crippen molar-refractivity contribution in [2.45, 2.75) is 31.1 Å². The molecule has 1 amide bonds. The number of rotatable bonds is 7. The Morgan fingerprint density at radius 2 is 1.83 bits per heavy atom. The fraction of sp³-hybridized carbons (Fsp3) is 0.208. The first-order chi connectivity index (χ1) is 16.6. The standard InChI is InChI=1S/C24H21F3N4O3S/c1-2-35(33,34)20-8-7-19(28-14-20)13-30-23(32)18-11-16-9-10-31(22(16)29-12-18)15-17-5-3-4-6-21(17)24(25,26)27/h3-12,14H,2,13,15H2,1H3,(H,30,32). The number of nitrogens with zero attached hydrogens (tertiary/aromatic N) is 3. The molecule has 0 aliphatic carbocycles. The fourth-order valence-corrected chi connectivity index (χ4v) is 4.41. The molecule has 1 aromatic carbocycles. The number of carbonyl (C=O) groups is 1. The smallest absolute Gasteiger partial charge is 0.346 e. The number of hydrogen-bond donors (Lipinski definition) is 1. The average molecular weight is 503 g/mol. The van der Waals surface area contributed by atoms with Gasteiger partial charge in [-0.05, 0) is 35.9 Å². The van der Waals surface area contributed by atoms with E-state index in [2.05, 4.69) is 15.3 Å². The van der Waals surface area contributed by atoms with E-state index in [1.807, 2.05) is 0 Å². The molecule has 4 rings (SSSR count). The normalized spacial score (nSPS) is 12.1. The quantitative estimate of drug-likeness (QED) is 0.408. The molecule has 0 atom stereocenters. The van der Waals surface area contributed by atoms with Crippen LogP contribution in [0.3, 0.4) is 0 Å². The van der Waals surface area contributed by atoms with Crippen molar-refractivity contribution in [3.8, 4) is 0 Å². The predicted octanol–water partition coefficient (Wildman–Crippen LogP) is 4.22. The Morgan fingerprint density at radius 3 is 2.51 bits per heavy atom. The Hall–Kier alpha value is -3.73. The van der Waals surface area contributed by atoms with Crippen LogP contribution in [0.4, 0.5) is 13.2 Å².